The molecule has 3 fully saturated rings. The zero-order valence-corrected chi connectivity index (χ0v) is 41.7. The van der Waals surface area contributed by atoms with Crippen LogP contribution in [0, 0.1) is 0 Å². The van der Waals surface area contributed by atoms with Crippen molar-refractivity contribution in [3.05, 3.63) is 36.5 Å². The second-order valence-electron chi connectivity index (χ2n) is 19.0. The number of carbonyl (C=O) groups is 1. The smallest absolute Gasteiger partial charge is 0.220 e. The molecule has 3 rings (SSSR count). The molecule has 12 N–H and O–H groups in total. The Balaban J connectivity index is 1.51. The van der Waals surface area contributed by atoms with E-state index in [1.165, 1.54) is 25.7 Å². The van der Waals surface area contributed by atoms with Gasteiger partial charge in [-0.3, -0.25) is 4.79 Å². The van der Waals surface area contributed by atoms with E-state index in [2.05, 4.69) is 43.5 Å². The molecule has 1 amide bonds. The Kier molecular flexibility index (Phi) is 32.1. The number of amides is 1. The summed E-state index contributed by atoms with van der Waals surface area (Å²) >= 11 is 0. The van der Waals surface area contributed by atoms with Crippen molar-refractivity contribution in [2.45, 2.75) is 253 Å². The van der Waals surface area contributed by atoms with Crippen LogP contribution in [-0.4, -0.2) is 193 Å². The first-order chi connectivity index (χ1) is 33.8. The average molecular weight is 1010 g/mol. The minimum absolute atomic E-state index is 0.233. The van der Waals surface area contributed by atoms with E-state index in [0.717, 1.165) is 96.3 Å². The molecular weight excluding hydrogens is 915 g/mol. The quantitative estimate of drug-likeness (QED) is 0.0316. The highest BCUT2D eigenvalue weighted by Gasteiger charge is 2.53. The molecule has 17 unspecified atom stereocenters. The minimum Gasteiger partial charge on any atom is -0.394 e. The largest absolute Gasteiger partial charge is 0.394 e. The van der Waals surface area contributed by atoms with Gasteiger partial charge in [-0.25, -0.2) is 0 Å². The molecule has 0 aromatic rings. The van der Waals surface area contributed by atoms with Crippen molar-refractivity contribution in [2.24, 2.45) is 0 Å². The van der Waals surface area contributed by atoms with Gasteiger partial charge in [0.2, 0.25) is 5.91 Å². The predicted molar refractivity (Wildman–Crippen MR) is 259 cm³/mol. The Hall–Kier alpha value is -1.99. The zero-order chi connectivity index (χ0) is 51.3. The van der Waals surface area contributed by atoms with Gasteiger partial charge in [0.1, 0.15) is 73.2 Å². The molecule has 3 aliphatic rings. The van der Waals surface area contributed by atoms with Crippen molar-refractivity contribution >= 4 is 5.91 Å². The number of unbranched alkanes of at least 4 members (excludes halogenated alkanes) is 16. The van der Waals surface area contributed by atoms with Crippen LogP contribution in [0.3, 0.4) is 0 Å². The summed E-state index contributed by atoms with van der Waals surface area (Å²) in [7, 11) is 0. The lowest BCUT2D eigenvalue weighted by Crippen LogP contribution is -2.66. The standard InChI is InChI=1S/C51H91NO18/c1-3-5-7-9-11-12-13-14-15-16-17-18-19-20-21-23-25-27-29-39(57)52-34(35(56)28-26-24-22-10-8-6-4-2)33-65-49-45(63)42(60)47(37(31-54)67-49)70-51-46(64)43(61)48(38(32-55)68-51)69-50-44(62)41(59)40(58)36(30-53)66-50/h12-13,15-16,26,28,34-38,40-51,53-56,58-64H,3-11,14,17-25,27,29-33H2,1-2H3,(H,52,57)/b13-12-,16-15-,28-26+. The molecule has 3 aliphatic heterocycles. The van der Waals surface area contributed by atoms with E-state index >= 15 is 0 Å². The SMILES string of the molecule is CCCCCC/C=C\C/C=C\CCCCCCCCCC(=O)NC(COC1OC(CO)C(OC2OC(CO)C(OC3OC(CO)C(O)C(O)C3O)C(O)C2O)C(O)C1O)C(O)/C=C/CCCCCCC. The lowest BCUT2D eigenvalue weighted by molar-refractivity contribution is -0.379. The van der Waals surface area contributed by atoms with Crippen LogP contribution in [0.1, 0.15) is 149 Å². The maximum Gasteiger partial charge on any atom is 0.220 e. The van der Waals surface area contributed by atoms with E-state index in [1.807, 2.05) is 6.08 Å². The summed E-state index contributed by atoms with van der Waals surface area (Å²) in [6, 6.07) is -0.972. The Morgan fingerprint density at radius 3 is 1.47 bits per heavy atom. The van der Waals surface area contributed by atoms with Crippen LogP contribution in [0.25, 0.3) is 0 Å². The van der Waals surface area contributed by atoms with E-state index in [4.69, 9.17) is 28.4 Å². The molecule has 0 radical (unpaired) electrons. The first-order valence-electron chi connectivity index (χ1n) is 26.2. The van der Waals surface area contributed by atoms with E-state index in [1.54, 1.807) is 6.08 Å². The van der Waals surface area contributed by atoms with E-state index < -0.39 is 124 Å². The Labute approximate surface area is 415 Å². The number of aliphatic hydroxyl groups is 11. The van der Waals surface area contributed by atoms with Crippen molar-refractivity contribution in [1.82, 2.24) is 5.32 Å². The Morgan fingerprint density at radius 1 is 0.514 bits per heavy atom. The lowest BCUT2D eigenvalue weighted by atomic mass is 9.96. The summed E-state index contributed by atoms with van der Waals surface area (Å²) in [4.78, 5) is 13.2. The molecule has 0 aromatic carbocycles. The molecule has 0 aromatic heterocycles. The summed E-state index contributed by atoms with van der Waals surface area (Å²) in [6.07, 6.45) is 7.49. The van der Waals surface area contributed by atoms with Crippen LogP contribution in [0.15, 0.2) is 36.5 Å². The van der Waals surface area contributed by atoms with Gasteiger partial charge in [-0.2, -0.15) is 0 Å². The van der Waals surface area contributed by atoms with E-state index in [-0.39, 0.29) is 18.9 Å². The third kappa shape index (κ3) is 21.5. The molecule has 0 bridgehead atoms. The van der Waals surface area contributed by atoms with Crippen molar-refractivity contribution in [1.29, 1.82) is 0 Å². The predicted octanol–water partition coefficient (Wildman–Crippen LogP) is 2.20. The van der Waals surface area contributed by atoms with Crippen molar-refractivity contribution in [3.63, 3.8) is 0 Å². The Morgan fingerprint density at radius 2 is 0.943 bits per heavy atom. The van der Waals surface area contributed by atoms with Crippen molar-refractivity contribution in [2.75, 3.05) is 26.4 Å². The van der Waals surface area contributed by atoms with Crippen LogP contribution in [0.5, 0.6) is 0 Å². The van der Waals surface area contributed by atoms with Gasteiger partial charge in [-0.05, 0) is 51.4 Å². The number of rotatable bonds is 36. The highest BCUT2D eigenvalue weighted by atomic mass is 16.8. The van der Waals surface area contributed by atoms with Gasteiger partial charge in [-0.15, -0.1) is 0 Å². The summed E-state index contributed by atoms with van der Waals surface area (Å²) in [5.41, 5.74) is 0. The van der Waals surface area contributed by atoms with Crippen LogP contribution in [0.4, 0.5) is 0 Å². The van der Waals surface area contributed by atoms with Crippen LogP contribution in [-0.2, 0) is 33.2 Å². The molecule has 70 heavy (non-hydrogen) atoms. The van der Waals surface area contributed by atoms with Gasteiger partial charge in [-0.1, -0.05) is 127 Å². The van der Waals surface area contributed by atoms with Gasteiger partial charge < -0.3 is 89.9 Å². The van der Waals surface area contributed by atoms with Gasteiger partial charge in [0.15, 0.2) is 18.9 Å². The van der Waals surface area contributed by atoms with Gasteiger partial charge in [0, 0.05) is 6.42 Å². The third-order valence-corrected chi connectivity index (χ3v) is 13.2. The summed E-state index contributed by atoms with van der Waals surface area (Å²) in [5, 5.41) is 119. The monoisotopic (exact) mass is 1010 g/mol. The fraction of sp³-hybridized carbons (Fsp3) is 0.863. The van der Waals surface area contributed by atoms with Crippen LogP contribution < -0.4 is 5.32 Å². The van der Waals surface area contributed by atoms with Crippen LogP contribution in [0.2, 0.25) is 0 Å². The number of hydrogen-bond donors (Lipinski definition) is 12. The van der Waals surface area contributed by atoms with Gasteiger partial charge >= 0.3 is 0 Å². The van der Waals surface area contributed by atoms with Crippen LogP contribution >= 0.6 is 0 Å². The summed E-state index contributed by atoms with van der Waals surface area (Å²) < 4.78 is 34.0. The van der Waals surface area contributed by atoms with Crippen molar-refractivity contribution < 1.29 is 89.4 Å². The number of aliphatic hydroxyl groups excluding tert-OH is 11. The molecular formula is C51H91NO18. The second kappa shape index (κ2) is 36.0. The molecule has 19 heteroatoms. The molecule has 17 atom stereocenters. The average Bonchev–Trinajstić information content (AvgIpc) is 3.35. The van der Waals surface area contributed by atoms with Gasteiger partial charge in [0.05, 0.1) is 38.6 Å². The first-order valence-corrected chi connectivity index (χ1v) is 26.2. The lowest BCUT2D eigenvalue weighted by Gasteiger charge is -2.48. The number of allylic oxidation sites excluding steroid dienone is 5. The number of carbonyl (C=O) groups excluding carboxylic acids is 1. The normalized spacial score (nSPS) is 32.8. The topological polar surface area (TPSA) is 307 Å². The maximum absolute atomic E-state index is 13.2. The van der Waals surface area contributed by atoms with Gasteiger partial charge in [0.25, 0.3) is 0 Å². The first kappa shape index (κ1) is 62.3. The minimum atomic E-state index is -1.98. The van der Waals surface area contributed by atoms with E-state index in [9.17, 15) is 61.0 Å². The third-order valence-electron chi connectivity index (χ3n) is 13.2. The number of nitrogens with one attached hydrogen (secondary N) is 1. The molecule has 408 valence electrons. The summed E-state index contributed by atoms with van der Waals surface area (Å²) in [5.74, 6) is -0.291. The fourth-order valence-corrected chi connectivity index (χ4v) is 8.75. The highest BCUT2D eigenvalue weighted by Crippen LogP contribution is 2.33. The molecule has 0 aliphatic carbocycles. The van der Waals surface area contributed by atoms with E-state index in [0.29, 0.717) is 6.42 Å². The molecule has 3 saturated heterocycles. The molecule has 0 spiro atoms. The number of hydrogen-bond acceptors (Lipinski definition) is 18. The zero-order valence-electron chi connectivity index (χ0n) is 41.7. The molecule has 3 heterocycles. The van der Waals surface area contributed by atoms with Crippen molar-refractivity contribution in [3.8, 4) is 0 Å². The Bertz CT molecular complexity index is 1440. The summed E-state index contributed by atoms with van der Waals surface area (Å²) in [6.45, 7) is 1.59. The highest BCUT2D eigenvalue weighted by molar-refractivity contribution is 5.76. The molecule has 0 saturated carbocycles. The number of ether oxygens (including phenoxy) is 6. The fourth-order valence-electron chi connectivity index (χ4n) is 8.75. The molecule has 19 nitrogen and oxygen atoms in total. The second-order valence-corrected chi connectivity index (χ2v) is 19.0. The maximum atomic E-state index is 13.2.